The van der Waals surface area contributed by atoms with Crippen molar-refractivity contribution in [2.45, 2.75) is 45.6 Å². The van der Waals surface area contributed by atoms with E-state index < -0.39 is 0 Å². The lowest BCUT2D eigenvalue weighted by Crippen LogP contribution is -2.19. The van der Waals surface area contributed by atoms with E-state index in [1.807, 2.05) is 12.3 Å². The van der Waals surface area contributed by atoms with Gasteiger partial charge in [0, 0.05) is 6.04 Å². The SMILES string of the molecule is CCCCC(CC)Nc1ccccc1-n1ccnn1. The molecule has 0 fully saturated rings. The van der Waals surface area contributed by atoms with Crippen LogP contribution in [0.15, 0.2) is 36.7 Å². The average molecular weight is 258 g/mol. The van der Waals surface area contributed by atoms with Crippen molar-refractivity contribution in [3.8, 4) is 5.69 Å². The quantitative estimate of drug-likeness (QED) is 0.824. The predicted octanol–water partition coefficient (Wildman–Crippen LogP) is 3.65. The van der Waals surface area contributed by atoms with Gasteiger partial charge in [0.15, 0.2) is 0 Å². The van der Waals surface area contributed by atoms with Crippen LogP contribution in [0.25, 0.3) is 5.69 Å². The van der Waals surface area contributed by atoms with Crippen molar-refractivity contribution in [2.24, 2.45) is 0 Å². The Morgan fingerprint density at radius 2 is 2.11 bits per heavy atom. The van der Waals surface area contributed by atoms with E-state index in [9.17, 15) is 0 Å². The molecular weight excluding hydrogens is 236 g/mol. The largest absolute Gasteiger partial charge is 0.381 e. The van der Waals surface area contributed by atoms with E-state index in [-0.39, 0.29) is 0 Å². The number of nitrogens with zero attached hydrogens (tertiary/aromatic N) is 3. The van der Waals surface area contributed by atoms with Gasteiger partial charge in [-0.25, -0.2) is 4.68 Å². The Bertz CT molecular complexity index is 479. The Labute approximate surface area is 114 Å². The summed E-state index contributed by atoms with van der Waals surface area (Å²) in [5.74, 6) is 0. The number of hydrogen-bond donors (Lipinski definition) is 1. The third kappa shape index (κ3) is 3.56. The van der Waals surface area contributed by atoms with Gasteiger partial charge in [-0.1, -0.05) is 44.0 Å². The fourth-order valence-corrected chi connectivity index (χ4v) is 2.18. The monoisotopic (exact) mass is 258 g/mol. The second-order valence-electron chi connectivity index (χ2n) is 4.76. The molecule has 4 heteroatoms. The van der Waals surface area contributed by atoms with E-state index in [2.05, 4.69) is 47.7 Å². The molecule has 1 unspecified atom stereocenters. The van der Waals surface area contributed by atoms with Crippen LogP contribution in [-0.2, 0) is 0 Å². The fraction of sp³-hybridized carbons (Fsp3) is 0.467. The van der Waals surface area contributed by atoms with Crippen molar-refractivity contribution < 1.29 is 0 Å². The highest BCUT2D eigenvalue weighted by atomic mass is 15.4. The number of unbranched alkanes of at least 4 members (excludes halogenated alkanes) is 1. The summed E-state index contributed by atoms with van der Waals surface area (Å²) in [6.45, 7) is 4.46. The van der Waals surface area contributed by atoms with Gasteiger partial charge in [-0.3, -0.25) is 0 Å². The Morgan fingerprint density at radius 1 is 1.26 bits per heavy atom. The summed E-state index contributed by atoms with van der Waals surface area (Å²) in [5.41, 5.74) is 2.17. The minimum Gasteiger partial charge on any atom is -0.381 e. The number of aromatic nitrogens is 3. The summed E-state index contributed by atoms with van der Waals surface area (Å²) in [7, 11) is 0. The molecule has 2 rings (SSSR count). The van der Waals surface area contributed by atoms with Gasteiger partial charge in [0.05, 0.1) is 23.8 Å². The molecule has 0 bridgehead atoms. The minimum atomic E-state index is 0.518. The molecule has 0 amide bonds. The standard InChI is InChI=1S/C15H22N4/c1-3-5-8-13(4-2)17-14-9-6-7-10-15(14)19-12-11-16-18-19/h6-7,9-13,17H,3-5,8H2,1-2H3. The van der Waals surface area contributed by atoms with Crippen molar-refractivity contribution in [1.82, 2.24) is 15.0 Å². The first-order valence-electron chi connectivity index (χ1n) is 7.07. The number of anilines is 1. The minimum absolute atomic E-state index is 0.518. The van der Waals surface area contributed by atoms with Crippen molar-refractivity contribution in [3.63, 3.8) is 0 Å². The topological polar surface area (TPSA) is 42.7 Å². The van der Waals surface area contributed by atoms with Crippen molar-refractivity contribution in [3.05, 3.63) is 36.7 Å². The molecule has 1 heterocycles. The normalized spacial score (nSPS) is 12.3. The maximum atomic E-state index is 4.07. The van der Waals surface area contributed by atoms with E-state index in [0.29, 0.717) is 6.04 Å². The molecule has 1 aromatic carbocycles. The Hall–Kier alpha value is -1.84. The molecule has 0 radical (unpaired) electrons. The van der Waals surface area contributed by atoms with Crippen LogP contribution < -0.4 is 5.32 Å². The van der Waals surface area contributed by atoms with Crippen molar-refractivity contribution in [1.29, 1.82) is 0 Å². The number of rotatable bonds is 7. The van der Waals surface area contributed by atoms with Gasteiger partial charge in [0.1, 0.15) is 0 Å². The molecular formula is C15H22N4. The van der Waals surface area contributed by atoms with Gasteiger partial charge < -0.3 is 5.32 Å². The zero-order valence-corrected chi connectivity index (χ0v) is 11.7. The molecule has 0 aliphatic carbocycles. The molecule has 0 spiro atoms. The van der Waals surface area contributed by atoms with E-state index in [1.165, 1.54) is 19.3 Å². The first-order chi connectivity index (χ1) is 9.35. The summed E-state index contributed by atoms with van der Waals surface area (Å²) in [4.78, 5) is 0. The highest BCUT2D eigenvalue weighted by Crippen LogP contribution is 2.21. The van der Waals surface area contributed by atoms with Crippen LogP contribution in [0.2, 0.25) is 0 Å². The molecule has 1 aromatic heterocycles. The van der Waals surface area contributed by atoms with Gasteiger partial charge in [-0.2, -0.15) is 0 Å². The zero-order chi connectivity index (χ0) is 13.5. The number of hydrogen-bond acceptors (Lipinski definition) is 3. The van der Waals surface area contributed by atoms with Crippen LogP contribution in [0.3, 0.4) is 0 Å². The predicted molar refractivity (Wildman–Crippen MR) is 78.6 cm³/mol. The molecule has 0 saturated carbocycles. The molecule has 0 aliphatic heterocycles. The molecule has 102 valence electrons. The Balaban J connectivity index is 2.15. The molecule has 1 atom stereocenters. The highest BCUT2D eigenvalue weighted by molar-refractivity contribution is 5.60. The first kappa shape index (κ1) is 13.6. The molecule has 1 N–H and O–H groups in total. The third-order valence-corrected chi connectivity index (χ3v) is 3.33. The fourth-order valence-electron chi connectivity index (χ4n) is 2.18. The van der Waals surface area contributed by atoms with E-state index in [0.717, 1.165) is 17.8 Å². The molecule has 19 heavy (non-hydrogen) atoms. The van der Waals surface area contributed by atoms with Gasteiger partial charge in [0.25, 0.3) is 0 Å². The van der Waals surface area contributed by atoms with E-state index in [1.54, 1.807) is 10.9 Å². The van der Waals surface area contributed by atoms with Crippen LogP contribution >= 0.6 is 0 Å². The Morgan fingerprint density at radius 3 is 2.79 bits per heavy atom. The first-order valence-corrected chi connectivity index (χ1v) is 7.07. The van der Waals surface area contributed by atoms with E-state index in [4.69, 9.17) is 0 Å². The lowest BCUT2D eigenvalue weighted by molar-refractivity contribution is 0.592. The van der Waals surface area contributed by atoms with Crippen LogP contribution in [0.1, 0.15) is 39.5 Å². The summed E-state index contributed by atoms with van der Waals surface area (Å²) in [6.07, 6.45) is 8.41. The second-order valence-corrected chi connectivity index (χ2v) is 4.76. The molecule has 2 aromatic rings. The molecule has 0 aliphatic rings. The van der Waals surface area contributed by atoms with Crippen molar-refractivity contribution in [2.75, 3.05) is 5.32 Å². The lowest BCUT2D eigenvalue weighted by Gasteiger charge is -2.20. The second kappa shape index (κ2) is 6.92. The van der Waals surface area contributed by atoms with Gasteiger partial charge in [-0.15, -0.1) is 5.10 Å². The smallest absolute Gasteiger partial charge is 0.0894 e. The maximum absolute atomic E-state index is 4.07. The molecule has 4 nitrogen and oxygen atoms in total. The van der Waals surface area contributed by atoms with Gasteiger partial charge in [-0.05, 0) is 25.0 Å². The summed E-state index contributed by atoms with van der Waals surface area (Å²) < 4.78 is 1.80. The average Bonchev–Trinajstić information content (AvgIpc) is 2.98. The molecule has 0 saturated heterocycles. The van der Waals surface area contributed by atoms with Crippen LogP contribution in [-0.4, -0.2) is 21.0 Å². The van der Waals surface area contributed by atoms with Gasteiger partial charge in [0.2, 0.25) is 0 Å². The van der Waals surface area contributed by atoms with Crippen molar-refractivity contribution >= 4 is 5.69 Å². The highest BCUT2D eigenvalue weighted by Gasteiger charge is 2.09. The maximum Gasteiger partial charge on any atom is 0.0894 e. The third-order valence-electron chi connectivity index (χ3n) is 3.33. The van der Waals surface area contributed by atoms with Crippen LogP contribution in [0.5, 0.6) is 0 Å². The van der Waals surface area contributed by atoms with E-state index >= 15 is 0 Å². The van der Waals surface area contributed by atoms with Crippen LogP contribution in [0, 0.1) is 0 Å². The van der Waals surface area contributed by atoms with Crippen LogP contribution in [0.4, 0.5) is 5.69 Å². The summed E-state index contributed by atoms with van der Waals surface area (Å²) >= 11 is 0. The number of benzene rings is 1. The number of para-hydroxylation sites is 2. The zero-order valence-electron chi connectivity index (χ0n) is 11.7. The lowest BCUT2D eigenvalue weighted by atomic mass is 10.1. The van der Waals surface area contributed by atoms with Gasteiger partial charge >= 0.3 is 0 Å². The summed E-state index contributed by atoms with van der Waals surface area (Å²) in [5, 5.41) is 11.6. The Kier molecular flexibility index (Phi) is 4.95. The summed E-state index contributed by atoms with van der Waals surface area (Å²) in [6, 6.07) is 8.75. The number of nitrogens with one attached hydrogen (secondary N) is 1.